The van der Waals surface area contributed by atoms with Gasteiger partial charge >= 0.3 is 5.97 Å². The van der Waals surface area contributed by atoms with Gasteiger partial charge in [-0.2, -0.15) is 0 Å². The van der Waals surface area contributed by atoms with E-state index in [2.05, 4.69) is 10.3 Å². The molecule has 0 spiro atoms. The van der Waals surface area contributed by atoms with Crippen molar-refractivity contribution in [3.63, 3.8) is 0 Å². The third-order valence-electron chi connectivity index (χ3n) is 4.87. The third kappa shape index (κ3) is 4.07. The largest absolute Gasteiger partial charge is 0.480 e. The fourth-order valence-corrected chi connectivity index (χ4v) is 5.24. The average Bonchev–Trinajstić information content (AvgIpc) is 3.24. The minimum atomic E-state index is -3.54. The molecular formula is C18H22N2O5S. The Balaban J connectivity index is 1.68. The summed E-state index contributed by atoms with van der Waals surface area (Å²) in [6.45, 7) is 0. The summed E-state index contributed by atoms with van der Waals surface area (Å²) in [6.07, 6.45) is 4.64. The number of hydrogen-bond donors (Lipinski definition) is 3. The number of aliphatic carboxylic acids is 1. The predicted molar refractivity (Wildman–Crippen MR) is 97.6 cm³/mol. The van der Waals surface area contributed by atoms with E-state index in [-0.39, 0.29) is 6.42 Å². The lowest BCUT2D eigenvalue weighted by molar-refractivity contribution is -0.141. The van der Waals surface area contributed by atoms with Gasteiger partial charge in [0.05, 0.1) is 5.25 Å². The molecule has 1 unspecified atom stereocenters. The molecule has 2 aromatic rings. The fraction of sp³-hybridized carbons (Fsp3) is 0.444. The number of carboxylic acids is 1. The number of nitrogens with one attached hydrogen (secondary N) is 2. The molecule has 140 valence electrons. The monoisotopic (exact) mass is 378 g/mol. The first-order chi connectivity index (χ1) is 12.4. The molecule has 0 aliphatic heterocycles. The van der Waals surface area contributed by atoms with Crippen molar-refractivity contribution in [1.29, 1.82) is 0 Å². The summed E-state index contributed by atoms with van der Waals surface area (Å²) in [6, 6.07) is 6.28. The van der Waals surface area contributed by atoms with E-state index in [9.17, 15) is 23.1 Å². The number of rotatable bonds is 7. The fourth-order valence-electron chi connectivity index (χ4n) is 3.50. The van der Waals surface area contributed by atoms with E-state index < -0.39 is 38.8 Å². The Morgan fingerprint density at radius 3 is 2.62 bits per heavy atom. The predicted octanol–water partition coefficient (Wildman–Crippen LogP) is 1.64. The maximum absolute atomic E-state index is 12.3. The molecule has 1 aromatic carbocycles. The lowest BCUT2D eigenvalue weighted by Gasteiger charge is -2.16. The Kier molecular flexibility index (Phi) is 5.31. The average molecular weight is 378 g/mol. The number of aromatic amines is 1. The molecule has 3 rings (SSSR count). The Morgan fingerprint density at radius 2 is 1.92 bits per heavy atom. The van der Waals surface area contributed by atoms with E-state index in [0.29, 0.717) is 12.8 Å². The van der Waals surface area contributed by atoms with E-state index in [1.54, 1.807) is 6.20 Å². The topological polar surface area (TPSA) is 116 Å². The number of H-pyrrole nitrogens is 1. The molecule has 1 atom stereocenters. The maximum Gasteiger partial charge on any atom is 0.326 e. The van der Waals surface area contributed by atoms with Crippen molar-refractivity contribution in [2.24, 2.45) is 0 Å². The van der Waals surface area contributed by atoms with Crippen LogP contribution in [0, 0.1) is 0 Å². The summed E-state index contributed by atoms with van der Waals surface area (Å²) in [7, 11) is -3.54. The van der Waals surface area contributed by atoms with Crippen molar-refractivity contribution >= 4 is 32.6 Å². The van der Waals surface area contributed by atoms with Gasteiger partial charge in [-0.15, -0.1) is 0 Å². The molecule has 1 saturated carbocycles. The standard InChI is InChI=1S/C18H22N2O5S/c21-17(11-26(24,25)13-5-1-2-6-13)20-16(18(22)23)9-12-10-19-15-8-4-3-7-14(12)15/h3-4,7-8,10,13,16,19H,1-2,5-6,9,11H2,(H,20,21)(H,22,23). The van der Waals surface area contributed by atoms with Crippen molar-refractivity contribution in [3.05, 3.63) is 36.0 Å². The molecule has 1 aliphatic carbocycles. The molecule has 0 radical (unpaired) electrons. The first-order valence-corrected chi connectivity index (χ1v) is 10.4. The normalized spacial score (nSPS) is 16.6. The van der Waals surface area contributed by atoms with E-state index in [4.69, 9.17) is 0 Å². The first kappa shape index (κ1) is 18.4. The zero-order chi connectivity index (χ0) is 18.7. The second kappa shape index (κ2) is 7.49. The van der Waals surface area contributed by atoms with Crippen molar-refractivity contribution in [3.8, 4) is 0 Å². The Labute approximate surface area is 151 Å². The number of aromatic nitrogens is 1. The number of carboxylic acid groups (broad SMARTS) is 1. The smallest absolute Gasteiger partial charge is 0.326 e. The Hall–Kier alpha value is -2.35. The van der Waals surface area contributed by atoms with Gasteiger partial charge in [-0.25, -0.2) is 13.2 Å². The Morgan fingerprint density at radius 1 is 1.23 bits per heavy atom. The van der Waals surface area contributed by atoms with Crippen LogP contribution >= 0.6 is 0 Å². The van der Waals surface area contributed by atoms with Gasteiger partial charge in [0.25, 0.3) is 0 Å². The first-order valence-electron chi connectivity index (χ1n) is 8.65. The van der Waals surface area contributed by atoms with Gasteiger partial charge in [-0.1, -0.05) is 31.0 Å². The van der Waals surface area contributed by atoms with E-state index in [1.165, 1.54) is 0 Å². The van der Waals surface area contributed by atoms with Gasteiger partial charge in [-0.3, -0.25) is 4.79 Å². The van der Waals surface area contributed by atoms with Crippen LogP contribution in [-0.4, -0.2) is 47.4 Å². The molecule has 8 heteroatoms. The number of sulfone groups is 1. The summed E-state index contributed by atoms with van der Waals surface area (Å²) in [5.74, 6) is -2.61. The number of fused-ring (bicyclic) bond motifs is 1. The zero-order valence-electron chi connectivity index (χ0n) is 14.3. The van der Waals surface area contributed by atoms with Crippen LogP contribution in [-0.2, 0) is 25.8 Å². The molecule has 1 aromatic heterocycles. The van der Waals surface area contributed by atoms with Crippen LogP contribution < -0.4 is 5.32 Å². The van der Waals surface area contributed by atoms with Crippen molar-refractivity contribution in [2.45, 2.75) is 43.4 Å². The highest BCUT2D eigenvalue weighted by Crippen LogP contribution is 2.25. The minimum absolute atomic E-state index is 0.0779. The van der Waals surface area contributed by atoms with E-state index in [0.717, 1.165) is 29.3 Å². The van der Waals surface area contributed by atoms with Crippen molar-refractivity contribution < 1.29 is 23.1 Å². The molecule has 0 bridgehead atoms. The quantitative estimate of drug-likeness (QED) is 0.677. The van der Waals surface area contributed by atoms with Gasteiger partial charge in [0.15, 0.2) is 9.84 Å². The second-order valence-electron chi connectivity index (χ2n) is 6.74. The number of carbonyl (C=O) groups excluding carboxylic acids is 1. The van der Waals surface area contributed by atoms with Gasteiger partial charge in [0.2, 0.25) is 5.91 Å². The van der Waals surface area contributed by atoms with Crippen LogP contribution in [0.25, 0.3) is 10.9 Å². The SMILES string of the molecule is O=C(CS(=O)(=O)C1CCCC1)NC(Cc1c[nH]c2ccccc12)C(=O)O. The number of benzene rings is 1. The minimum Gasteiger partial charge on any atom is -0.480 e. The van der Waals surface area contributed by atoms with Gasteiger partial charge in [-0.05, 0) is 24.5 Å². The summed E-state index contributed by atoms with van der Waals surface area (Å²) < 4.78 is 24.5. The Bertz CT molecular complexity index is 913. The van der Waals surface area contributed by atoms with Crippen LogP contribution in [0.1, 0.15) is 31.2 Å². The molecular weight excluding hydrogens is 356 g/mol. The van der Waals surface area contributed by atoms with Crippen LogP contribution in [0.4, 0.5) is 0 Å². The molecule has 0 saturated heterocycles. The van der Waals surface area contributed by atoms with Crippen LogP contribution in [0.3, 0.4) is 0 Å². The highest BCUT2D eigenvalue weighted by molar-refractivity contribution is 7.92. The second-order valence-corrected chi connectivity index (χ2v) is 9.02. The zero-order valence-corrected chi connectivity index (χ0v) is 15.1. The number of hydrogen-bond acceptors (Lipinski definition) is 4. The number of carbonyl (C=O) groups is 2. The molecule has 3 N–H and O–H groups in total. The van der Waals surface area contributed by atoms with Gasteiger partial charge in [0, 0.05) is 23.5 Å². The highest BCUT2D eigenvalue weighted by atomic mass is 32.2. The lowest BCUT2D eigenvalue weighted by Crippen LogP contribution is -2.45. The maximum atomic E-state index is 12.3. The number of para-hydroxylation sites is 1. The van der Waals surface area contributed by atoms with Crippen molar-refractivity contribution in [1.82, 2.24) is 10.3 Å². The summed E-state index contributed by atoms with van der Waals surface area (Å²) in [5, 5.41) is 12.2. The van der Waals surface area contributed by atoms with Crippen LogP contribution in [0.15, 0.2) is 30.5 Å². The highest BCUT2D eigenvalue weighted by Gasteiger charge is 2.32. The molecule has 1 amide bonds. The summed E-state index contributed by atoms with van der Waals surface area (Å²) >= 11 is 0. The van der Waals surface area contributed by atoms with E-state index >= 15 is 0 Å². The van der Waals surface area contributed by atoms with Gasteiger partial charge in [0.1, 0.15) is 11.8 Å². The summed E-state index contributed by atoms with van der Waals surface area (Å²) in [5.41, 5.74) is 1.63. The van der Waals surface area contributed by atoms with E-state index in [1.807, 2.05) is 24.3 Å². The van der Waals surface area contributed by atoms with Gasteiger partial charge < -0.3 is 15.4 Å². The molecule has 1 aliphatic rings. The lowest BCUT2D eigenvalue weighted by atomic mass is 10.1. The molecule has 1 heterocycles. The van der Waals surface area contributed by atoms with Crippen LogP contribution in [0.5, 0.6) is 0 Å². The summed E-state index contributed by atoms with van der Waals surface area (Å²) in [4.78, 5) is 26.8. The molecule has 1 fully saturated rings. The van der Waals surface area contributed by atoms with Crippen LogP contribution in [0.2, 0.25) is 0 Å². The molecule has 26 heavy (non-hydrogen) atoms. The number of amides is 1. The third-order valence-corrected chi connectivity index (χ3v) is 7.03. The molecule has 7 nitrogen and oxygen atoms in total. The van der Waals surface area contributed by atoms with Crippen molar-refractivity contribution in [2.75, 3.05) is 5.75 Å².